The molecule has 0 saturated heterocycles. The fraction of sp³-hybridized carbons (Fsp3) is 0.875. The minimum atomic E-state index is -0.978. The second kappa shape index (κ2) is 10.2. The molecule has 3 nitrogen and oxygen atoms in total. The van der Waals surface area contributed by atoms with Crippen LogP contribution in [0.5, 0.6) is 0 Å². The Kier molecular flexibility index (Phi) is 10.3. The maximum atomic E-state index is 10.0. The van der Waals surface area contributed by atoms with Crippen molar-refractivity contribution in [1.29, 1.82) is 0 Å². The molecule has 0 rings (SSSR count). The fourth-order valence-electron chi connectivity index (χ4n) is 0.692. The summed E-state index contributed by atoms with van der Waals surface area (Å²) < 4.78 is 0. The van der Waals surface area contributed by atoms with E-state index in [0.29, 0.717) is 5.75 Å². The predicted molar refractivity (Wildman–Crippen MR) is 55.5 cm³/mol. The SMILES string of the molecule is O=C([O-])CCSSCCCCCO. The zero-order chi connectivity index (χ0) is 9.94. The molecule has 0 aliphatic carbocycles. The van der Waals surface area contributed by atoms with Gasteiger partial charge in [0.1, 0.15) is 0 Å². The van der Waals surface area contributed by atoms with Crippen molar-refractivity contribution in [3.63, 3.8) is 0 Å². The standard InChI is InChI=1S/C8H16O3S2/c9-5-2-1-3-6-12-13-7-4-8(10)11/h9H,1-7H2,(H,10,11)/p-1. The third-order valence-electron chi connectivity index (χ3n) is 1.36. The van der Waals surface area contributed by atoms with E-state index in [1.165, 1.54) is 0 Å². The summed E-state index contributed by atoms with van der Waals surface area (Å²) in [5.41, 5.74) is 0. The molecule has 0 aliphatic heterocycles. The molecule has 0 unspecified atom stereocenters. The highest BCUT2D eigenvalue weighted by Gasteiger charge is 1.92. The lowest BCUT2D eigenvalue weighted by Crippen LogP contribution is -2.22. The van der Waals surface area contributed by atoms with E-state index in [-0.39, 0.29) is 13.0 Å². The Hall–Kier alpha value is 0.130. The highest BCUT2D eigenvalue weighted by molar-refractivity contribution is 8.76. The Morgan fingerprint density at radius 3 is 2.46 bits per heavy atom. The van der Waals surface area contributed by atoms with E-state index in [4.69, 9.17) is 5.11 Å². The van der Waals surface area contributed by atoms with Gasteiger partial charge in [-0.3, -0.25) is 0 Å². The number of aliphatic hydroxyl groups is 1. The highest BCUT2D eigenvalue weighted by atomic mass is 33.1. The van der Waals surface area contributed by atoms with Gasteiger partial charge in [0.15, 0.2) is 0 Å². The molecule has 0 aromatic rings. The van der Waals surface area contributed by atoms with Crippen molar-refractivity contribution in [3.8, 4) is 0 Å². The van der Waals surface area contributed by atoms with Crippen LogP contribution < -0.4 is 5.11 Å². The van der Waals surface area contributed by atoms with Crippen molar-refractivity contribution in [3.05, 3.63) is 0 Å². The first-order valence-corrected chi connectivity index (χ1v) is 6.81. The number of rotatable bonds is 9. The zero-order valence-corrected chi connectivity index (χ0v) is 9.16. The van der Waals surface area contributed by atoms with Crippen LogP contribution in [0.15, 0.2) is 0 Å². The molecule has 1 N–H and O–H groups in total. The summed E-state index contributed by atoms with van der Waals surface area (Å²) in [5.74, 6) is 0.665. The van der Waals surface area contributed by atoms with Crippen molar-refractivity contribution in [2.75, 3.05) is 18.1 Å². The molecule has 5 heteroatoms. The molecule has 0 spiro atoms. The number of unbranched alkanes of at least 4 members (excludes halogenated alkanes) is 2. The second-order valence-corrected chi connectivity index (χ2v) is 5.25. The molecule has 0 aromatic heterocycles. The third-order valence-corrected chi connectivity index (χ3v) is 3.85. The van der Waals surface area contributed by atoms with Gasteiger partial charge in [-0.15, -0.1) is 0 Å². The average molecular weight is 223 g/mol. The molecular formula is C8H15O3S2-. The number of hydrogen-bond donors (Lipinski definition) is 1. The molecule has 0 atom stereocenters. The lowest BCUT2D eigenvalue weighted by atomic mass is 10.3. The van der Waals surface area contributed by atoms with E-state index in [0.717, 1.165) is 25.0 Å². The smallest absolute Gasteiger partial charge is 0.0431 e. The number of aliphatic carboxylic acids is 1. The van der Waals surface area contributed by atoms with Crippen LogP contribution >= 0.6 is 21.6 Å². The van der Waals surface area contributed by atoms with Crippen LogP contribution in [-0.2, 0) is 4.79 Å². The molecule has 0 fully saturated rings. The number of carboxylic acids is 1. The van der Waals surface area contributed by atoms with Crippen LogP contribution in [0.25, 0.3) is 0 Å². The fourth-order valence-corrected chi connectivity index (χ4v) is 2.81. The lowest BCUT2D eigenvalue weighted by molar-refractivity contribution is -0.305. The van der Waals surface area contributed by atoms with Gasteiger partial charge in [0.05, 0.1) is 0 Å². The molecule has 0 radical (unpaired) electrons. The first kappa shape index (κ1) is 13.1. The Morgan fingerprint density at radius 2 is 1.85 bits per heavy atom. The van der Waals surface area contributed by atoms with Crippen LogP contribution in [0.2, 0.25) is 0 Å². The minimum absolute atomic E-state index is 0.133. The van der Waals surface area contributed by atoms with E-state index in [9.17, 15) is 9.90 Å². The van der Waals surface area contributed by atoms with E-state index in [2.05, 4.69) is 0 Å². The summed E-state index contributed by atoms with van der Waals surface area (Å²) in [5, 5.41) is 18.5. The van der Waals surface area contributed by atoms with Gasteiger partial charge in [0, 0.05) is 24.1 Å². The number of hydrogen-bond acceptors (Lipinski definition) is 5. The monoisotopic (exact) mass is 223 g/mol. The van der Waals surface area contributed by atoms with Gasteiger partial charge < -0.3 is 15.0 Å². The Bertz CT molecular complexity index is 131. The number of aliphatic hydroxyl groups excluding tert-OH is 1. The first-order chi connectivity index (χ1) is 6.27. The van der Waals surface area contributed by atoms with Gasteiger partial charge in [-0.2, -0.15) is 0 Å². The lowest BCUT2D eigenvalue weighted by Gasteiger charge is -2.01. The van der Waals surface area contributed by atoms with Gasteiger partial charge in [-0.1, -0.05) is 28.0 Å². The molecule has 0 heterocycles. The summed E-state index contributed by atoms with van der Waals surface area (Å²) >= 11 is 0. The zero-order valence-electron chi connectivity index (χ0n) is 7.53. The number of carbonyl (C=O) groups is 1. The molecule has 0 aliphatic rings. The molecule has 78 valence electrons. The van der Waals surface area contributed by atoms with Gasteiger partial charge in [0.25, 0.3) is 0 Å². The van der Waals surface area contributed by atoms with Gasteiger partial charge in [-0.25, -0.2) is 0 Å². The highest BCUT2D eigenvalue weighted by Crippen LogP contribution is 2.23. The van der Waals surface area contributed by atoms with Crippen molar-refractivity contribution < 1.29 is 15.0 Å². The Balaban J connectivity index is 2.87. The van der Waals surface area contributed by atoms with Gasteiger partial charge in [-0.05, 0) is 19.3 Å². The van der Waals surface area contributed by atoms with Crippen molar-refractivity contribution >= 4 is 27.6 Å². The van der Waals surface area contributed by atoms with Crippen LogP contribution in [0.3, 0.4) is 0 Å². The maximum absolute atomic E-state index is 10.0. The Morgan fingerprint density at radius 1 is 1.15 bits per heavy atom. The largest absolute Gasteiger partial charge is 0.550 e. The minimum Gasteiger partial charge on any atom is -0.550 e. The summed E-state index contributed by atoms with van der Waals surface area (Å²) in [6.45, 7) is 0.266. The predicted octanol–water partition coefficient (Wildman–Crippen LogP) is 0.670. The van der Waals surface area contributed by atoms with E-state index in [1.54, 1.807) is 21.6 Å². The second-order valence-electron chi connectivity index (χ2n) is 2.55. The topological polar surface area (TPSA) is 60.4 Å². The van der Waals surface area contributed by atoms with Crippen molar-refractivity contribution in [2.24, 2.45) is 0 Å². The quantitative estimate of drug-likeness (QED) is 0.460. The summed E-state index contributed by atoms with van der Waals surface area (Å²) in [4.78, 5) is 10.0. The van der Waals surface area contributed by atoms with Gasteiger partial charge in [0.2, 0.25) is 0 Å². The molecule has 13 heavy (non-hydrogen) atoms. The van der Waals surface area contributed by atoms with Crippen molar-refractivity contribution in [2.45, 2.75) is 25.7 Å². The summed E-state index contributed by atoms with van der Waals surface area (Å²) in [6.07, 6.45) is 3.13. The van der Waals surface area contributed by atoms with Gasteiger partial charge >= 0.3 is 0 Å². The average Bonchev–Trinajstić information content (AvgIpc) is 2.09. The number of carbonyl (C=O) groups excluding carboxylic acids is 1. The first-order valence-electron chi connectivity index (χ1n) is 4.32. The van der Waals surface area contributed by atoms with Crippen LogP contribution in [0, 0.1) is 0 Å². The summed E-state index contributed by atoms with van der Waals surface area (Å²) in [6, 6.07) is 0. The van der Waals surface area contributed by atoms with Crippen molar-refractivity contribution in [1.82, 2.24) is 0 Å². The van der Waals surface area contributed by atoms with Crippen LogP contribution in [-0.4, -0.2) is 29.2 Å². The molecular weight excluding hydrogens is 208 g/mol. The Labute approximate surface area is 86.7 Å². The third kappa shape index (κ3) is 12.1. The van der Waals surface area contributed by atoms with E-state index < -0.39 is 5.97 Å². The summed E-state index contributed by atoms with van der Waals surface area (Å²) in [7, 11) is 3.26. The number of carboxylic acid groups (broad SMARTS) is 1. The molecule has 0 aromatic carbocycles. The molecule has 0 saturated carbocycles. The molecule has 0 bridgehead atoms. The molecule has 0 amide bonds. The maximum Gasteiger partial charge on any atom is 0.0431 e. The van der Waals surface area contributed by atoms with E-state index in [1.807, 2.05) is 0 Å². The van der Waals surface area contributed by atoms with Crippen LogP contribution in [0.1, 0.15) is 25.7 Å². The van der Waals surface area contributed by atoms with E-state index >= 15 is 0 Å². The normalized spacial score (nSPS) is 10.2. The van der Waals surface area contributed by atoms with Crippen LogP contribution in [0.4, 0.5) is 0 Å².